The van der Waals surface area contributed by atoms with E-state index in [0.717, 1.165) is 60.1 Å². The summed E-state index contributed by atoms with van der Waals surface area (Å²) in [7, 11) is 0. The highest BCUT2D eigenvalue weighted by atomic mass is 35.5. The molecule has 1 fully saturated rings. The largest absolute Gasteiger partial charge is 0.454 e. The Kier molecular flexibility index (Phi) is 6.91. The van der Waals surface area contributed by atoms with E-state index < -0.39 is 0 Å². The van der Waals surface area contributed by atoms with Crippen molar-refractivity contribution in [3.8, 4) is 11.5 Å². The number of hydrogen-bond acceptors (Lipinski definition) is 5. The van der Waals surface area contributed by atoms with Crippen LogP contribution in [0.2, 0.25) is 10.2 Å². The number of carbonyl (C=O) groups excluding carboxylic acids is 1. The number of amides is 2. The summed E-state index contributed by atoms with van der Waals surface area (Å²) in [6.45, 7) is 3.98. The number of pyridine rings is 1. The number of hydrogen-bond donors (Lipinski definition) is 1. The lowest BCUT2D eigenvalue weighted by Crippen LogP contribution is -2.47. The second-order valence-corrected chi connectivity index (χ2v) is 10.8. The Labute approximate surface area is 232 Å². The van der Waals surface area contributed by atoms with Crippen LogP contribution in [-0.4, -0.2) is 48.9 Å². The van der Waals surface area contributed by atoms with Crippen LogP contribution < -0.4 is 19.7 Å². The van der Waals surface area contributed by atoms with E-state index in [0.29, 0.717) is 24.0 Å². The average Bonchev–Trinajstić information content (AvgIpc) is 3.51. The summed E-state index contributed by atoms with van der Waals surface area (Å²) in [4.78, 5) is 21.7. The SMILES string of the molecule is O=C(NCc1ccnc(Cl)c1)N1CC2(CCN(CC=Cc3ccc(Cl)cc3)CC2)c2cc3c(cc21)OCO3. The fourth-order valence-electron chi connectivity index (χ4n) is 5.56. The first kappa shape index (κ1) is 25.0. The molecular weight excluding hydrogens is 523 g/mol. The number of fused-ring (bicyclic) bond motifs is 3. The van der Waals surface area contributed by atoms with Gasteiger partial charge in [0, 0.05) is 42.3 Å². The van der Waals surface area contributed by atoms with Gasteiger partial charge >= 0.3 is 6.03 Å². The summed E-state index contributed by atoms with van der Waals surface area (Å²) in [5, 5.41) is 4.21. The minimum atomic E-state index is -0.136. The van der Waals surface area contributed by atoms with Crippen LogP contribution >= 0.6 is 23.2 Å². The van der Waals surface area contributed by atoms with E-state index in [1.165, 1.54) is 5.56 Å². The maximum atomic E-state index is 13.4. The first-order valence-corrected chi connectivity index (χ1v) is 13.5. The summed E-state index contributed by atoms with van der Waals surface area (Å²) >= 11 is 12.0. The highest BCUT2D eigenvalue weighted by Gasteiger charge is 2.47. The number of piperidine rings is 1. The summed E-state index contributed by atoms with van der Waals surface area (Å²) in [6.07, 6.45) is 7.89. The molecule has 2 aromatic carbocycles. The Morgan fingerprint density at radius 2 is 1.82 bits per heavy atom. The lowest BCUT2D eigenvalue weighted by atomic mass is 9.74. The molecule has 4 heterocycles. The molecule has 2 amide bonds. The predicted molar refractivity (Wildman–Crippen MR) is 149 cm³/mol. The first-order valence-electron chi connectivity index (χ1n) is 12.7. The average molecular weight is 551 g/mol. The third kappa shape index (κ3) is 5.06. The standard InChI is InChI=1S/C29H28Cl2N4O3/c30-22-5-3-20(4-6-22)2-1-11-34-12-8-29(9-13-34)18-35(24-16-26-25(15-23(24)29)37-19-38-26)28(36)33-17-21-7-10-32-27(31)14-21/h1-7,10,14-16H,8-9,11-13,17-19H2,(H,33,36). The molecule has 1 saturated heterocycles. The lowest BCUT2D eigenvalue weighted by Gasteiger charge is -2.39. The van der Waals surface area contributed by atoms with Gasteiger partial charge in [0.1, 0.15) is 5.15 Å². The number of nitrogens with one attached hydrogen (secondary N) is 1. The monoisotopic (exact) mass is 550 g/mol. The van der Waals surface area contributed by atoms with Gasteiger partial charge in [-0.25, -0.2) is 9.78 Å². The molecule has 6 rings (SSSR count). The Morgan fingerprint density at radius 3 is 2.58 bits per heavy atom. The molecule has 1 spiro atoms. The van der Waals surface area contributed by atoms with Gasteiger partial charge in [-0.1, -0.05) is 47.5 Å². The second-order valence-electron chi connectivity index (χ2n) is 9.99. The van der Waals surface area contributed by atoms with Crippen molar-refractivity contribution in [2.24, 2.45) is 0 Å². The zero-order valence-electron chi connectivity index (χ0n) is 20.8. The van der Waals surface area contributed by atoms with Crippen LogP contribution in [0.25, 0.3) is 6.08 Å². The van der Waals surface area contributed by atoms with E-state index in [1.54, 1.807) is 12.3 Å². The predicted octanol–water partition coefficient (Wildman–Crippen LogP) is 5.89. The summed E-state index contributed by atoms with van der Waals surface area (Å²) in [5.41, 5.74) is 3.98. The van der Waals surface area contributed by atoms with Crippen molar-refractivity contribution < 1.29 is 14.3 Å². The fourth-order valence-corrected chi connectivity index (χ4v) is 5.88. The molecule has 1 N–H and O–H groups in total. The minimum absolute atomic E-state index is 0.121. The van der Waals surface area contributed by atoms with Crippen LogP contribution in [0.4, 0.5) is 10.5 Å². The molecule has 0 aliphatic carbocycles. The van der Waals surface area contributed by atoms with Crippen LogP contribution in [-0.2, 0) is 12.0 Å². The van der Waals surface area contributed by atoms with Crippen LogP contribution in [0.1, 0.15) is 29.5 Å². The molecule has 9 heteroatoms. The number of likely N-dealkylation sites (tertiary alicyclic amines) is 1. The number of ether oxygens (including phenoxy) is 2. The van der Waals surface area contributed by atoms with Gasteiger partial charge in [0.25, 0.3) is 0 Å². The van der Waals surface area contributed by atoms with E-state index in [1.807, 2.05) is 41.3 Å². The molecule has 3 aromatic rings. The Balaban J connectivity index is 1.16. The number of anilines is 1. The van der Waals surface area contributed by atoms with E-state index in [-0.39, 0.29) is 18.2 Å². The van der Waals surface area contributed by atoms with Crippen molar-refractivity contribution in [3.63, 3.8) is 0 Å². The van der Waals surface area contributed by atoms with Gasteiger partial charge in [0.05, 0.1) is 5.69 Å². The van der Waals surface area contributed by atoms with Gasteiger partial charge in [0.15, 0.2) is 11.5 Å². The minimum Gasteiger partial charge on any atom is -0.454 e. The van der Waals surface area contributed by atoms with E-state index in [9.17, 15) is 4.79 Å². The van der Waals surface area contributed by atoms with Crippen molar-refractivity contribution >= 4 is 41.0 Å². The maximum Gasteiger partial charge on any atom is 0.322 e. The molecule has 0 atom stereocenters. The Hall–Kier alpha value is -3.26. The molecule has 0 saturated carbocycles. The molecule has 196 valence electrons. The van der Waals surface area contributed by atoms with Gasteiger partial charge in [-0.2, -0.15) is 0 Å². The zero-order chi connectivity index (χ0) is 26.1. The number of urea groups is 1. The van der Waals surface area contributed by atoms with Crippen molar-refractivity contribution in [3.05, 3.63) is 87.7 Å². The zero-order valence-corrected chi connectivity index (χ0v) is 22.3. The highest BCUT2D eigenvalue weighted by Crippen LogP contribution is 2.51. The summed E-state index contributed by atoms with van der Waals surface area (Å²) in [6, 6.07) is 15.4. The van der Waals surface area contributed by atoms with Gasteiger partial charge in [0.2, 0.25) is 6.79 Å². The highest BCUT2D eigenvalue weighted by molar-refractivity contribution is 6.30. The van der Waals surface area contributed by atoms with E-state index >= 15 is 0 Å². The summed E-state index contributed by atoms with van der Waals surface area (Å²) in [5.74, 6) is 1.44. The second kappa shape index (κ2) is 10.5. The Morgan fingerprint density at radius 1 is 1.05 bits per heavy atom. The number of halogens is 2. The molecule has 0 bridgehead atoms. The van der Waals surface area contributed by atoms with Crippen LogP contribution in [0.15, 0.2) is 60.8 Å². The Bertz CT molecular complexity index is 1370. The molecule has 38 heavy (non-hydrogen) atoms. The molecule has 1 aromatic heterocycles. The van der Waals surface area contributed by atoms with Crippen molar-refractivity contribution in [1.82, 2.24) is 15.2 Å². The normalized spacial score (nSPS) is 17.8. The smallest absolute Gasteiger partial charge is 0.322 e. The fraction of sp³-hybridized carbons (Fsp3) is 0.310. The molecule has 3 aliphatic heterocycles. The number of aromatic nitrogens is 1. The lowest BCUT2D eigenvalue weighted by molar-refractivity contribution is 0.172. The van der Waals surface area contributed by atoms with Crippen molar-refractivity contribution in [1.29, 1.82) is 0 Å². The number of nitrogens with zero attached hydrogens (tertiary/aromatic N) is 3. The van der Waals surface area contributed by atoms with E-state index in [2.05, 4.69) is 33.4 Å². The molecule has 3 aliphatic rings. The van der Waals surface area contributed by atoms with E-state index in [4.69, 9.17) is 32.7 Å². The van der Waals surface area contributed by atoms with Crippen LogP contribution in [0.5, 0.6) is 11.5 Å². The quantitative estimate of drug-likeness (QED) is 0.401. The van der Waals surface area contributed by atoms with Crippen molar-refractivity contribution in [2.45, 2.75) is 24.8 Å². The number of rotatable bonds is 5. The molecule has 7 nitrogen and oxygen atoms in total. The van der Waals surface area contributed by atoms with Crippen molar-refractivity contribution in [2.75, 3.05) is 37.9 Å². The maximum absolute atomic E-state index is 13.4. The molecule has 0 unspecified atom stereocenters. The topological polar surface area (TPSA) is 66.9 Å². The molecule has 0 radical (unpaired) electrons. The number of carbonyl (C=O) groups is 1. The third-order valence-electron chi connectivity index (χ3n) is 7.65. The van der Waals surface area contributed by atoms with Gasteiger partial charge in [-0.3, -0.25) is 9.80 Å². The van der Waals surface area contributed by atoms with Gasteiger partial charge in [-0.05, 0) is 73.0 Å². The molecular formula is C29H28Cl2N4O3. The van der Waals surface area contributed by atoms with Crippen LogP contribution in [0.3, 0.4) is 0 Å². The summed E-state index contributed by atoms with van der Waals surface area (Å²) < 4.78 is 11.4. The van der Waals surface area contributed by atoms with Gasteiger partial charge in [-0.15, -0.1) is 0 Å². The first-order chi connectivity index (χ1) is 18.5. The number of benzene rings is 2. The van der Waals surface area contributed by atoms with Gasteiger partial charge < -0.3 is 14.8 Å². The van der Waals surface area contributed by atoms with Crippen LogP contribution in [0, 0.1) is 0 Å². The third-order valence-corrected chi connectivity index (χ3v) is 8.11.